The van der Waals surface area contributed by atoms with Gasteiger partial charge in [-0.05, 0) is 43.1 Å². The van der Waals surface area contributed by atoms with Crippen LogP contribution >= 0.6 is 0 Å². The molecule has 1 saturated carbocycles. The van der Waals surface area contributed by atoms with E-state index in [0.29, 0.717) is 18.4 Å². The number of ether oxygens (including phenoxy) is 1. The van der Waals surface area contributed by atoms with Gasteiger partial charge < -0.3 is 4.74 Å². The summed E-state index contributed by atoms with van der Waals surface area (Å²) in [7, 11) is 0. The van der Waals surface area contributed by atoms with E-state index in [1.54, 1.807) is 0 Å². The van der Waals surface area contributed by atoms with E-state index in [-0.39, 0.29) is 5.97 Å². The third kappa shape index (κ3) is 4.85. The highest BCUT2D eigenvalue weighted by Crippen LogP contribution is 2.36. The van der Waals surface area contributed by atoms with Crippen LogP contribution in [0.5, 0.6) is 0 Å². The van der Waals surface area contributed by atoms with E-state index in [9.17, 15) is 9.59 Å². The molecule has 3 nitrogen and oxygen atoms in total. The highest BCUT2D eigenvalue weighted by molar-refractivity contribution is 5.74. The summed E-state index contributed by atoms with van der Waals surface area (Å²) in [6.07, 6.45) is 9.67. The van der Waals surface area contributed by atoms with E-state index in [1.807, 2.05) is 18.2 Å². The quantitative estimate of drug-likeness (QED) is 0.468. The molecule has 0 unspecified atom stereocenters. The summed E-state index contributed by atoms with van der Waals surface area (Å²) in [6.45, 7) is 1.80. The van der Waals surface area contributed by atoms with Gasteiger partial charge in [-0.25, -0.2) is 0 Å². The van der Waals surface area contributed by atoms with E-state index in [2.05, 4.69) is 18.2 Å². The SMILES string of the molecule is CC(=O)OC/C=C/[C@H]1CC[C@H](c2ccc(C=O)cc2)CC1. The van der Waals surface area contributed by atoms with Crippen LogP contribution in [-0.2, 0) is 9.53 Å². The molecule has 0 aromatic heterocycles. The highest BCUT2D eigenvalue weighted by Gasteiger charge is 2.20. The Morgan fingerprint density at radius 3 is 2.43 bits per heavy atom. The van der Waals surface area contributed by atoms with Crippen LogP contribution in [0.2, 0.25) is 0 Å². The number of carbonyl (C=O) groups excluding carboxylic acids is 2. The molecule has 0 amide bonds. The molecule has 2 rings (SSSR count). The molecule has 0 aliphatic heterocycles. The predicted molar refractivity (Wildman–Crippen MR) is 82.3 cm³/mol. The molecule has 21 heavy (non-hydrogen) atoms. The first-order chi connectivity index (χ1) is 10.2. The normalized spacial score (nSPS) is 22.1. The summed E-state index contributed by atoms with van der Waals surface area (Å²) in [5, 5.41) is 0. The van der Waals surface area contributed by atoms with Crippen LogP contribution in [0.3, 0.4) is 0 Å². The van der Waals surface area contributed by atoms with Gasteiger partial charge in [-0.1, -0.05) is 36.4 Å². The zero-order valence-electron chi connectivity index (χ0n) is 12.5. The Balaban J connectivity index is 1.79. The van der Waals surface area contributed by atoms with Crippen LogP contribution in [0, 0.1) is 5.92 Å². The molecule has 112 valence electrons. The van der Waals surface area contributed by atoms with E-state index < -0.39 is 0 Å². The van der Waals surface area contributed by atoms with E-state index in [4.69, 9.17) is 4.74 Å². The first kappa shape index (κ1) is 15.5. The van der Waals surface area contributed by atoms with Gasteiger partial charge >= 0.3 is 5.97 Å². The number of hydrogen-bond acceptors (Lipinski definition) is 3. The molecule has 0 radical (unpaired) electrons. The zero-order valence-corrected chi connectivity index (χ0v) is 12.5. The Labute approximate surface area is 126 Å². The molecule has 0 bridgehead atoms. The van der Waals surface area contributed by atoms with Crippen LogP contribution in [-0.4, -0.2) is 18.9 Å². The van der Waals surface area contributed by atoms with Gasteiger partial charge in [-0.3, -0.25) is 9.59 Å². The fourth-order valence-corrected chi connectivity index (χ4v) is 2.91. The predicted octanol–water partition coefficient (Wildman–Crippen LogP) is 3.89. The summed E-state index contributed by atoms with van der Waals surface area (Å²) in [5.41, 5.74) is 2.07. The number of allylic oxidation sites excluding steroid dienone is 1. The first-order valence-electron chi connectivity index (χ1n) is 7.54. The second-order valence-electron chi connectivity index (χ2n) is 5.63. The van der Waals surface area contributed by atoms with Gasteiger partial charge in [0, 0.05) is 12.5 Å². The lowest BCUT2D eigenvalue weighted by Gasteiger charge is -2.27. The van der Waals surface area contributed by atoms with E-state index >= 15 is 0 Å². The molecule has 1 fully saturated rings. The van der Waals surface area contributed by atoms with Crippen molar-refractivity contribution < 1.29 is 14.3 Å². The molecule has 0 N–H and O–H groups in total. The van der Waals surface area contributed by atoms with Crippen molar-refractivity contribution in [2.45, 2.75) is 38.5 Å². The Bertz CT molecular complexity index is 494. The van der Waals surface area contributed by atoms with Gasteiger partial charge in [0.2, 0.25) is 0 Å². The van der Waals surface area contributed by atoms with Crippen molar-refractivity contribution >= 4 is 12.3 Å². The van der Waals surface area contributed by atoms with E-state index in [1.165, 1.54) is 25.3 Å². The first-order valence-corrected chi connectivity index (χ1v) is 7.54. The van der Waals surface area contributed by atoms with Gasteiger partial charge in [0.25, 0.3) is 0 Å². The van der Waals surface area contributed by atoms with Crippen LogP contribution in [0.4, 0.5) is 0 Å². The maximum Gasteiger partial charge on any atom is 0.302 e. The van der Waals surface area contributed by atoms with Crippen molar-refractivity contribution in [2.24, 2.45) is 5.92 Å². The van der Waals surface area contributed by atoms with Crippen LogP contribution < -0.4 is 0 Å². The van der Waals surface area contributed by atoms with Crippen molar-refractivity contribution in [1.29, 1.82) is 0 Å². The summed E-state index contributed by atoms with van der Waals surface area (Å²) in [6, 6.07) is 7.94. The second kappa shape index (κ2) is 7.77. The average molecular weight is 286 g/mol. The maximum absolute atomic E-state index is 10.7. The van der Waals surface area contributed by atoms with Crippen LogP contribution in [0.15, 0.2) is 36.4 Å². The van der Waals surface area contributed by atoms with Gasteiger partial charge in [-0.2, -0.15) is 0 Å². The minimum absolute atomic E-state index is 0.234. The van der Waals surface area contributed by atoms with Crippen LogP contribution in [0.25, 0.3) is 0 Å². The second-order valence-corrected chi connectivity index (χ2v) is 5.63. The zero-order chi connectivity index (χ0) is 15.1. The van der Waals surface area contributed by atoms with Gasteiger partial charge in [0.05, 0.1) is 0 Å². The number of benzene rings is 1. The summed E-state index contributed by atoms with van der Waals surface area (Å²) >= 11 is 0. The number of rotatable bonds is 5. The van der Waals surface area contributed by atoms with E-state index in [0.717, 1.165) is 24.7 Å². The molecule has 0 heterocycles. The summed E-state index contributed by atoms with van der Waals surface area (Å²) < 4.78 is 4.89. The van der Waals surface area contributed by atoms with Crippen molar-refractivity contribution in [3.63, 3.8) is 0 Å². The maximum atomic E-state index is 10.7. The lowest BCUT2D eigenvalue weighted by atomic mass is 9.78. The molecule has 0 spiro atoms. The van der Waals surface area contributed by atoms with Crippen molar-refractivity contribution in [3.8, 4) is 0 Å². The molecular weight excluding hydrogens is 264 g/mol. The number of hydrogen-bond donors (Lipinski definition) is 0. The van der Waals surface area contributed by atoms with Gasteiger partial charge in [0.15, 0.2) is 0 Å². The number of carbonyl (C=O) groups is 2. The van der Waals surface area contributed by atoms with Crippen molar-refractivity contribution in [2.75, 3.05) is 6.61 Å². The Morgan fingerprint density at radius 1 is 1.19 bits per heavy atom. The molecule has 1 aliphatic carbocycles. The molecule has 1 aliphatic rings. The Kier molecular flexibility index (Phi) is 5.73. The number of aldehydes is 1. The number of esters is 1. The molecular formula is C18H22O3. The molecule has 1 aromatic rings. The Morgan fingerprint density at radius 2 is 1.86 bits per heavy atom. The Hall–Kier alpha value is -1.90. The van der Waals surface area contributed by atoms with Gasteiger partial charge in [-0.15, -0.1) is 0 Å². The highest BCUT2D eigenvalue weighted by atomic mass is 16.5. The molecule has 3 heteroatoms. The fourth-order valence-electron chi connectivity index (χ4n) is 2.91. The lowest BCUT2D eigenvalue weighted by Crippen LogP contribution is -2.12. The largest absolute Gasteiger partial charge is 0.462 e. The topological polar surface area (TPSA) is 43.4 Å². The van der Waals surface area contributed by atoms with Crippen molar-refractivity contribution in [3.05, 3.63) is 47.5 Å². The minimum atomic E-state index is -0.234. The molecule has 0 saturated heterocycles. The minimum Gasteiger partial charge on any atom is -0.462 e. The fraction of sp³-hybridized carbons (Fsp3) is 0.444. The van der Waals surface area contributed by atoms with Gasteiger partial charge in [0.1, 0.15) is 12.9 Å². The van der Waals surface area contributed by atoms with Crippen molar-refractivity contribution in [1.82, 2.24) is 0 Å². The summed E-state index contributed by atoms with van der Waals surface area (Å²) in [4.78, 5) is 21.3. The third-order valence-electron chi connectivity index (χ3n) is 4.11. The lowest BCUT2D eigenvalue weighted by molar-refractivity contribution is -0.139. The average Bonchev–Trinajstić information content (AvgIpc) is 2.52. The monoisotopic (exact) mass is 286 g/mol. The van der Waals surface area contributed by atoms with Crippen LogP contribution in [0.1, 0.15) is 54.4 Å². The smallest absolute Gasteiger partial charge is 0.302 e. The molecule has 1 aromatic carbocycles. The summed E-state index contributed by atoms with van der Waals surface area (Å²) in [5.74, 6) is 0.956. The standard InChI is InChI=1S/C18H22O3/c1-14(20)21-12-2-3-15-4-8-17(9-5-15)18-10-6-16(13-19)7-11-18/h2-3,6-7,10-11,13,15,17H,4-5,8-9,12H2,1H3/b3-2+/t15-,17-. The molecule has 0 atom stereocenters. The third-order valence-corrected chi connectivity index (χ3v) is 4.11.